The molecule has 2 atom stereocenters. The van der Waals surface area contributed by atoms with Crippen molar-refractivity contribution in [3.05, 3.63) is 35.9 Å². The van der Waals surface area contributed by atoms with Crippen LogP contribution in [0.1, 0.15) is 70.7 Å². The van der Waals surface area contributed by atoms with E-state index in [9.17, 15) is 14.4 Å². The van der Waals surface area contributed by atoms with Crippen LogP contribution in [0.2, 0.25) is 0 Å². The number of ether oxygens (including phenoxy) is 1. The Morgan fingerprint density at radius 2 is 1.78 bits per heavy atom. The van der Waals surface area contributed by atoms with Crippen LogP contribution >= 0.6 is 0 Å². The van der Waals surface area contributed by atoms with Crippen molar-refractivity contribution < 1.29 is 19.1 Å². The smallest absolute Gasteiger partial charge is 0.256 e. The fourth-order valence-corrected chi connectivity index (χ4v) is 4.40. The molecular formula is C25H37N3O4. The summed E-state index contributed by atoms with van der Waals surface area (Å²) >= 11 is 0. The van der Waals surface area contributed by atoms with Crippen molar-refractivity contribution in [1.82, 2.24) is 15.1 Å². The average Bonchev–Trinajstić information content (AvgIpc) is 3.11. The van der Waals surface area contributed by atoms with E-state index in [2.05, 4.69) is 26.1 Å². The van der Waals surface area contributed by atoms with Gasteiger partial charge in [0.2, 0.25) is 11.8 Å². The Balaban J connectivity index is 1.82. The minimum atomic E-state index is -0.872. The van der Waals surface area contributed by atoms with E-state index in [0.29, 0.717) is 37.9 Å². The molecule has 176 valence electrons. The zero-order valence-corrected chi connectivity index (χ0v) is 20.0. The summed E-state index contributed by atoms with van der Waals surface area (Å²) in [5.41, 5.74) is -0.419. The van der Waals surface area contributed by atoms with Crippen LogP contribution in [-0.2, 0) is 14.3 Å². The average molecular weight is 444 g/mol. The number of amides is 3. The number of piperidine rings is 1. The molecule has 0 aliphatic carbocycles. The van der Waals surface area contributed by atoms with Gasteiger partial charge in [0.25, 0.3) is 5.91 Å². The van der Waals surface area contributed by atoms with Crippen LogP contribution in [-0.4, -0.2) is 65.0 Å². The van der Waals surface area contributed by atoms with Crippen LogP contribution in [0.3, 0.4) is 0 Å². The summed E-state index contributed by atoms with van der Waals surface area (Å²) in [6, 6.07) is 8.36. The lowest BCUT2D eigenvalue weighted by molar-refractivity contribution is -0.145. The molecule has 2 unspecified atom stereocenters. The Hall–Kier alpha value is -2.41. The van der Waals surface area contributed by atoms with Gasteiger partial charge in [-0.1, -0.05) is 45.9 Å². The van der Waals surface area contributed by atoms with Crippen LogP contribution in [0.4, 0.5) is 0 Å². The van der Waals surface area contributed by atoms with Crippen molar-refractivity contribution in [3.63, 3.8) is 0 Å². The first-order chi connectivity index (χ1) is 15.1. The Morgan fingerprint density at radius 1 is 1.16 bits per heavy atom. The largest absolute Gasteiger partial charge is 0.353 e. The van der Waals surface area contributed by atoms with Gasteiger partial charge in [-0.25, -0.2) is 0 Å². The molecule has 3 amide bonds. The molecular weight excluding hydrogens is 406 g/mol. The summed E-state index contributed by atoms with van der Waals surface area (Å²) in [5, 5.41) is 3.01. The molecule has 2 heterocycles. The summed E-state index contributed by atoms with van der Waals surface area (Å²) in [6.07, 6.45) is 2.28. The molecule has 2 aliphatic heterocycles. The van der Waals surface area contributed by atoms with E-state index < -0.39 is 11.8 Å². The van der Waals surface area contributed by atoms with Crippen molar-refractivity contribution in [2.24, 2.45) is 5.41 Å². The first kappa shape index (κ1) is 24.2. The number of hydrogen-bond acceptors (Lipinski definition) is 4. The number of nitrogens with zero attached hydrogens (tertiary/aromatic N) is 2. The highest BCUT2D eigenvalue weighted by molar-refractivity contribution is 5.98. The van der Waals surface area contributed by atoms with Gasteiger partial charge in [-0.3, -0.25) is 19.3 Å². The van der Waals surface area contributed by atoms with Crippen molar-refractivity contribution in [2.45, 2.75) is 78.1 Å². The number of carbonyl (C=O) groups is 3. The van der Waals surface area contributed by atoms with Crippen molar-refractivity contribution >= 4 is 17.7 Å². The minimum absolute atomic E-state index is 0.0181. The third-order valence-electron chi connectivity index (χ3n) is 6.38. The fourth-order valence-electron chi connectivity index (χ4n) is 4.40. The maximum absolute atomic E-state index is 13.6. The van der Waals surface area contributed by atoms with E-state index in [-0.39, 0.29) is 35.8 Å². The van der Waals surface area contributed by atoms with E-state index in [1.807, 2.05) is 36.9 Å². The third-order valence-corrected chi connectivity index (χ3v) is 6.38. The van der Waals surface area contributed by atoms with E-state index in [1.54, 1.807) is 17.0 Å². The van der Waals surface area contributed by atoms with Gasteiger partial charge in [0.15, 0.2) is 0 Å². The van der Waals surface area contributed by atoms with Crippen LogP contribution in [0.5, 0.6) is 0 Å². The van der Waals surface area contributed by atoms with Gasteiger partial charge in [0.05, 0.1) is 6.61 Å². The number of likely N-dealkylation sites (tertiary alicyclic amines) is 1. The number of hydrogen-bond donors (Lipinski definition) is 1. The predicted molar refractivity (Wildman–Crippen MR) is 123 cm³/mol. The van der Waals surface area contributed by atoms with E-state index >= 15 is 0 Å². The molecule has 0 aromatic heterocycles. The van der Waals surface area contributed by atoms with E-state index in [1.165, 1.54) is 0 Å². The monoisotopic (exact) mass is 443 g/mol. The maximum Gasteiger partial charge on any atom is 0.256 e. The molecule has 1 N–H and O–H groups in total. The SMILES string of the molecule is CCC(C)NC(=O)C1COC2(CCN(C(=O)CC(C)(C)C)CC2)N1C(=O)c1ccccc1. The Bertz CT molecular complexity index is 825. The van der Waals surface area contributed by atoms with Gasteiger partial charge in [-0.2, -0.15) is 0 Å². The molecule has 2 saturated heterocycles. The van der Waals surface area contributed by atoms with Gasteiger partial charge in [0.1, 0.15) is 11.8 Å². The fraction of sp³-hybridized carbons (Fsp3) is 0.640. The predicted octanol–water partition coefficient (Wildman–Crippen LogP) is 3.20. The molecule has 0 radical (unpaired) electrons. The molecule has 0 bridgehead atoms. The number of carbonyl (C=O) groups excluding carboxylic acids is 3. The number of rotatable bonds is 5. The Morgan fingerprint density at radius 3 is 2.34 bits per heavy atom. The molecule has 7 heteroatoms. The first-order valence-corrected chi connectivity index (χ1v) is 11.7. The molecule has 7 nitrogen and oxygen atoms in total. The van der Waals surface area contributed by atoms with Crippen molar-refractivity contribution in [1.29, 1.82) is 0 Å². The highest BCUT2D eigenvalue weighted by Gasteiger charge is 2.54. The van der Waals surface area contributed by atoms with Crippen LogP contribution in [0.25, 0.3) is 0 Å². The topological polar surface area (TPSA) is 79.0 Å². The first-order valence-electron chi connectivity index (χ1n) is 11.7. The van der Waals surface area contributed by atoms with Gasteiger partial charge in [0, 0.05) is 44.0 Å². The van der Waals surface area contributed by atoms with Crippen LogP contribution < -0.4 is 5.32 Å². The molecule has 32 heavy (non-hydrogen) atoms. The van der Waals surface area contributed by atoms with Crippen LogP contribution in [0.15, 0.2) is 30.3 Å². The quantitative estimate of drug-likeness (QED) is 0.758. The molecule has 3 rings (SSSR count). The highest BCUT2D eigenvalue weighted by Crippen LogP contribution is 2.39. The van der Waals surface area contributed by atoms with E-state index in [0.717, 1.165) is 6.42 Å². The van der Waals surface area contributed by atoms with Crippen molar-refractivity contribution in [3.8, 4) is 0 Å². The molecule has 1 aromatic carbocycles. The molecule has 1 aromatic rings. The second-order valence-corrected chi connectivity index (χ2v) is 10.3. The maximum atomic E-state index is 13.6. The Kier molecular flexibility index (Phi) is 7.28. The van der Waals surface area contributed by atoms with E-state index in [4.69, 9.17) is 4.74 Å². The minimum Gasteiger partial charge on any atom is -0.353 e. The standard InChI is InChI=1S/C25H37N3O4/c1-6-18(2)26-22(30)20-17-32-25(28(20)23(31)19-10-8-7-9-11-19)12-14-27(15-13-25)21(29)16-24(3,4)5/h7-11,18,20H,6,12-17H2,1-5H3,(H,26,30). The summed E-state index contributed by atoms with van der Waals surface area (Å²) < 4.78 is 6.22. The molecule has 1 spiro atoms. The second kappa shape index (κ2) is 9.61. The lowest BCUT2D eigenvalue weighted by Crippen LogP contribution is -2.60. The van der Waals surface area contributed by atoms with Crippen molar-refractivity contribution in [2.75, 3.05) is 19.7 Å². The lowest BCUT2D eigenvalue weighted by Gasteiger charge is -2.45. The summed E-state index contributed by atoms with van der Waals surface area (Å²) in [4.78, 5) is 42.9. The molecule has 0 saturated carbocycles. The van der Waals surface area contributed by atoms with Gasteiger partial charge in [-0.05, 0) is 30.9 Å². The third kappa shape index (κ3) is 5.31. The van der Waals surface area contributed by atoms with Crippen LogP contribution in [0, 0.1) is 5.41 Å². The summed E-state index contributed by atoms with van der Waals surface area (Å²) in [6.45, 7) is 11.3. The zero-order valence-electron chi connectivity index (χ0n) is 20.0. The summed E-state index contributed by atoms with van der Waals surface area (Å²) in [5.74, 6) is -0.272. The molecule has 2 fully saturated rings. The van der Waals surface area contributed by atoms with Gasteiger partial charge >= 0.3 is 0 Å². The van der Waals surface area contributed by atoms with Gasteiger partial charge in [-0.15, -0.1) is 0 Å². The van der Waals surface area contributed by atoms with Gasteiger partial charge < -0.3 is 15.0 Å². The lowest BCUT2D eigenvalue weighted by atomic mass is 9.90. The normalized spacial score (nSPS) is 21.5. The molecule has 2 aliphatic rings. The second-order valence-electron chi connectivity index (χ2n) is 10.3. The Labute approximate surface area is 191 Å². The number of benzene rings is 1. The number of nitrogens with one attached hydrogen (secondary N) is 1. The zero-order chi connectivity index (χ0) is 23.5. The highest BCUT2D eigenvalue weighted by atomic mass is 16.5. The summed E-state index contributed by atoms with van der Waals surface area (Å²) in [7, 11) is 0.